The van der Waals surface area contributed by atoms with E-state index in [1.54, 1.807) is 18.2 Å². The van der Waals surface area contributed by atoms with Gasteiger partial charge in [0.05, 0.1) is 16.6 Å². The standard InChI is InChI=1S/C22H25Cl2N3O.BrH/c1-2-3-4-5-8-13-26-19-9-6-7-10-20(19)27(22(26)25)15-21(28)16-11-12-17(23)18(24)14-16;/h6-7,9-12,14,25H,2-5,8,13,15H2,1H3;1H. The van der Waals surface area contributed by atoms with Crippen molar-refractivity contribution in [1.29, 1.82) is 0 Å². The van der Waals surface area contributed by atoms with Crippen LogP contribution in [0.4, 0.5) is 5.95 Å². The average Bonchev–Trinajstić information content (AvgIpc) is 2.95. The van der Waals surface area contributed by atoms with E-state index in [0.717, 1.165) is 24.0 Å². The molecule has 0 amide bonds. The summed E-state index contributed by atoms with van der Waals surface area (Å²) in [5.41, 5.74) is 9.00. The van der Waals surface area contributed by atoms with E-state index in [1.165, 1.54) is 25.7 Å². The molecule has 7 heteroatoms. The summed E-state index contributed by atoms with van der Waals surface area (Å²) in [4.78, 5) is 12.8. The molecule has 0 aliphatic carbocycles. The second-order valence-corrected chi connectivity index (χ2v) is 7.87. The highest BCUT2D eigenvalue weighted by molar-refractivity contribution is 6.42. The summed E-state index contributed by atoms with van der Waals surface area (Å²) in [5, 5.41) is 0.810. The van der Waals surface area contributed by atoms with E-state index in [2.05, 4.69) is 17.6 Å². The largest absolute Gasteiger partial charge is 1.00 e. The number of unbranched alkanes of at least 4 members (excludes halogenated alkanes) is 4. The number of fused-ring (bicyclic) bond motifs is 1. The molecule has 0 saturated heterocycles. The third-order valence-electron chi connectivity index (χ3n) is 5.04. The number of carbonyl (C=O) groups excluding carboxylic acids is 1. The van der Waals surface area contributed by atoms with Crippen molar-refractivity contribution < 1.29 is 26.3 Å². The molecule has 3 rings (SSSR count). The first kappa shape index (κ1) is 23.7. The Labute approximate surface area is 192 Å². The first-order valence-electron chi connectivity index (χ1n) is 9.77. The lowest BCUT2D eigenvalue weighted by Gasteiger charge is -2.04. The Morgan fingerprint density at radius 1 is 1.03 bits per heavy atom. The van der Waals surface area contributed by atoms with Crippen LogP contribution < -0.4 is 27.3 Å². The van der Waals surface area contributed by atoms with Crippen molar-refractivity contribution in [3.8, 4) is 0 Å². The maximum atomic E-state index is 12.8. The Morgan fingerprint density at radius 2 is 1.76 bits per heavy atom. The first-order chi connectivity index (χ1) is 13.5. The molecule has 0 fully saturated rings. The van der Waals surface area contributed by atoms with Gasteiger partial charge in [-0.2, -0.15) is 0 Å². The summed E-state index contributed by atoms with van der Waals surface area (Å²) in [7, 11) is 0. The number of rotatable bonds is 9. The molecular formula is C22H26BrCl2N3O. The molecule has 0 aliphatic rings. The minimum absolute atomic E-state index is 0. The lowest BCUT2D eigenvalue weighted by molar-refractivity contribution is -0.642. The molecule has 1 heterocycles. The fourth-order valence-electron chi connectivity index (χ4n) is 3.49. The molecule has 0 unspecified atom stereocenters. The number of aromatic nitrogens is 2. The maximum Gasteiger partial charge on any atom is 0.356 e. The van der Waals surface area contributed by atoms with Crippen LogP contribution >= 0.6 is 23.2 Å². The summed E-state index contributed by atoms with van der Waals surface area (Å²) >= 11 is 12.0. The summed E-state index contributed by atoms with van der Waals surface area (Å²) in [6.07, 6.45) is 5.99. The van der Waals surface area contributed by atoms with Crippen molar-refractivity contribution in [2.45, 2.75) is 52.1 Å². The van der Waals surface area contributed by atoms with Gasteiger partial charge in [0, 0.05) is 5.56 Å². The molecule has 4 nitrogen and oxygen atoms in total. The lowest BCUT2D eigenvalue weighted by atomic mass is 10.1. The number of nitrogens with zero attached hydrogens (tertiary/aromatic N) is 2. The van der Waals surface area contributed by atoms with Crippen LogP contribution in [-0.2, 0) is 13.1 Å². The van der Waals surface area contributed by atoms with Gasteiger partial charge < -0.3 is 17.0 Å². The van der Waals surface area contributed by atoms with Crippen LogP contribution in [-0.4, -0.2) is 10.4 Å². The van der Waals surface area contributed by atoms with E-state index in [0.29, 0.717) is 21.6 Å². The highest BCUT2D eigenvalue weighted by Gasteiger charge is 2.23. The molecule has 0 bridgehead atoms. The van der Waals surface area contributed by atoms with Gasteiger partial charge in [0.1, 0.15) is 17.6 Å². The average molecular weight is 499 g/mol. The Balaban J connectivity index is 0.00000300. The van der Waals surface area contributed by atoms with E-state index in [1.807, 2.05) is 22.8 Å². The van der Waals surface area contributed by atoms with Crippen LogP contribution in [0.25, 0.3) is 11.0 Å². The summed E-state index contributed by atoms with van der Waals surface area (Å²) in [6.45, 7) is 3.22. The van der Waals surface area contributed by atoms with Gasteiger partial charge in [0.25, 0.3) is 0 Å². The molecule has 0 aliphatic heterocycles. The molecule has 2 N–H and O–H groups in total. The lowest BCUT2D eigenvalue weighted by Crippen LogP contribution is -3.00. The molecule has 0 radical (unpaired) electrons. The van der Waals surface area contributed by atoms with Gasteiger partial charge in [-0.05, 0) is 36.8 Å². The quantitative estimate of drug-likeness (QED) is 0.280. The van der Waals surface area contributed by atoms with Crippen LogP contribution in [0.15, 0.2) is 42.5 Å². The van der Waals surface area contributed by atoms with Gasteiger partial charge in [-0.25, -0.2) is 9.13 Å². The molecular weight excluding hydrogens is 473 g/mol. The highest BCUT2D eigenvalue weighted by atomic mass is 79.9. The second-order valence-electron chi connectivity index (χ2n) is 7.05. The van der Waals surface area contributed by atoms with Crippen LogP contribution in [0, 0.1) is 0 Å². The van der Waals surface area contributed by atoms with E-state index < -0.39 is 0 Å². The molecule has 29 heavy (non-hydrogen) atoms. The number of nitrogen functional groups attached to an aromatic ring is 1. The molecule has 0 saturated carbocycles. The number of carbonyl (C=O) groups is 1. The number of para-hydroxylation sites is 2. The molecule has 2 aromatic carbocycles. The van der Waals surface area contributed by atoms with Crippen molar-refractivity contribution in [2.75, 3.05) is 5.73 Å². The Bertz CT molecular complexity index is 988. The second kappa shape index (κ2) is 11.0. The normalized spacial score (nSPS) is 10.9. The monoisotopic (exact) mass is 497 g/mol. The van der Waals surface area contributed by atoms with Gasteiger partial charge in [0.15, 0.2) is 5.78 Å². The van der Waals surface area contributed by atoms with Crippen LogP contribution in [0.1, 0.15) is 49.4 Å². The fraction of sp³-hybridized carbons (Fsp3) is 0.364. The van der Waals surface area contributed by atoms with Crippen molar-refractivity contribution in [3.05, 3.63) is 58.1 Å². The number of hydrogen-bond donors (Lipinski definition) is 1. The number of benzene rings is 2. The van der Waals surface area contributed by atoms with E-state index in [-0.39, 0.29) is 29.3 Å². The predicted molar refractivity (Wildman–Crippen MR) is 116 cm³/mol. The van der Waals surface area contributed by atoms with E-state index >= 15 is 0 Å². The van der Waals surface area contributed by atoms with Crippen LogP contribution in [0.3, 0.4) is 0 Å². The van der Waals surface area contributed by atoms with Gasteiger partial charge in [-0.1, -0.05) is 67.9 Å². The number of imidazole rings is 1. The smallest absolute Gasteiger partial charge is 0.356 e. The van der Waals surface area contributed by atoms with Crippen molar-refractivity contribution >= 4 is 46.0 Å². The number of anilines is 1. The maximum absolute atomic E-state index is 12.8. The third-order valence-corrected chi connectivity index (χ3v) is 5.78. The minimum atomic E-state index is -0.0545. The van der Waals surface area contributed by atoms with E-state index in [9.17, 15) is 4.79 Å². The minimum Gasteiger partial charge on any atom is -1.00 e. The van der Waals surface area contributed by atoms with E-state index in [4.69, 9.17) is 28.9 Å². The van der Waals surface area contributed by atoms with Crippen LogP contribution in [0.2, 0.25) is 10.0 Å². The molecule has 0 spiro atoms. The zero-order valence-corrected chi connectivity index (χ0v) is 19.6. The topological polar surface area (TPSA) is 51.9 Å². The van der Waals surface area contributed by atoms with Crippen molar-refractivity contribution in [1.82, 2.24) is 4.57 Å². The van der Waals surface area contributed by atoms with Gasteiger partial charge in [0.2, 0.25) is 0 Å². The van der Waals surface area contributed by atoms with Crippen molar-refractivity contribution in [3.63, 3.8) is 0 Å². The van der Waals surface area contributed by atoms with Crippen molar-refractivity contribution in [2.24, 2.45) is 0 Å². The Hall–Kier alpha value is -1.56. The highest BCUT2D eigenvalue weighted by Crippen LogP contribution is 2.23. The third kappa shape index (κ3) is 5.53. The number of hydrogen-bond acceptors (Lipinski definition) is 2. The zero-order chi connectivity index (χ0) is 20.1. The summed E-state index contributed by atoms with van der Waals surface area (Å²) < 4.78 is 4.00. The number of aryl methyl sites for hydroxylation is 1. The number of nitrogens with two attached hydrogens (primary N) is 1. The molecule has 0 atom stereocenters. The fourth-order valence-corrected chi connectivity index (χ4v) is 3.79. The summed E-state index contributed by atoms with van der Waals surface area (Å²) in [6, 6.07) is 13.0. The predicted octanol–water partition coefficient (Wildman–Crippen LogP) is 2.68. The molecule has 3 aromatic rings. The first-order valence-corrected chi connectivity index (χ1v) is 10.5. The number of halogens is 3. The Morgan fingerprint density at radius 3 is 2.48 bits per heavy atom. The van der Waals surface area contributed by atoms with Crippen LogP contribution in [0.5, 0.6) is 0 Å². The molecule has 156 valence electrons. The van der Waals surface area contributed by atoms with Gasteiger partial charge in [-0.3, -0.25) is 10.5 Å². The summed E-state index contributed by atoms with van der Waals surface area (Å²) in [5.74, 6) is 0.547. The zero-order valence-electron chi connectivity index (χ0n) is 16.5. The molecule has 1 aromatic heterocycles. The number of Topliss-reactive ketones (excluding diaryl/α,β-unsaturated/α-hetero) is 1. The number of ketones is 1. The van der Waals surface area contributed by atoms with Gasteiger partial charge >= 0.3 is 5.95 Å². The Kier molecular flexibility index (Phi) is 9.00. The SMILES string of the molecule is CCCCCCCn1c(N)[n+](CC(=O)c2ccc(Cl)c(Cl)c2)c2ccccc21.[Br-]. The van der Waals surface area contributed by atoms with Gasteiger partial charge in [-0.15, -0.1) is 0 Å².